The van der Waals surface area contributed by atoms with Gasteiger partial charge in [-0.05, 0) is 12.0 Å². The van der Waals surface area contributed by atoms with Gasteiger partial charge in [-0.15, -0.1) is 0 Å². The van der Waals surface area contributed by atoms with Crippen LogP contribution in [0, 0.1) is 5.41 Å². The van der Waals surface area contributed by atoms with Gasteiger partial charge in [-0.1, -0.05) is 37.3 Å². The maximum absolute atomic E-state index is 11.6. The fraction of sp³-hybridized carbons (Fsp3) is 0.500. The summed E-state index contributed by atoms with van der Waals surface area (Å²) in [6.45, 7) is 1.50. The largest absolute Gasteiger partial charge is 0.465 e. The molecule has 18 heavy (non-hydrogen) atoms. The Hall–Kier alpha value is -1.39. The molecule has 0 aliphatic carbocycles. The van der Waals surface area contributed by atoms with Gasteiger partial charge < -0.3 is 14.9 Å². The van der Waals surface area contributed by atoms with E-state index in [-0.39, 0.29) is 32.2 Å². The summed E-state index contributed by atoms with van der Waals surface area (Å²) in [5.41, 5.74) is 0.157. The first kappa shape index (κ1) is 14.7. The highest BCUT2D eigenvalue weighted by Gasteiger charge is 2.28. The van der Waals surface area contributed by atoms with Gasteiger partial charge in [0.05, 0.1) is 25.0 Å². The van der Waals surface area contributed by atoms with Crippen molar-refractivity contribution >= 4 is 5.97 Å². The van der Waals surface area contributed by atoms with E-state index in [0.29, 0.717) is 6.42 Å². The number of hydrogen-bond acceptors (Lipinski definition) is 4. The molecule has 0 radical (unpaired) electrons. The van der Waals surface area contributed by atoms with Crippen LogP contribution in [0.1, 0.15) is 18.9 Å². The van der Waals surface area contributed by atoms with E-state index < -0.39 is 5.41 Å². The van der Waals surface area contributed by atoms with Crippen LogP contribution in [0.2, 0.25) is 0 Å². The summed E-state index contributed by atoms with van der Waals surface area (Å²) in [7, 11) is 0. The normalized spacial score (nSPS) is 11.3. The zero-order chi connectivity index (χ0) is 13.4. The molecule has 2 N–H and O–H groups in total. The van der Waals surface area contributed by atoms with Crippen LogP contribution >= 0.6 is 0 Å². The van der Waals surface area contributed by atoms with Crippen molar-refractivity contribution in [1.29, 1.82) is 0 Å². The molecule has 1 aromatic rings. The maximum atomic E-state index is 11.6. The Balaban J connectivity index is 2.46. The van der Waals surface area contributed by atoms with E-state index in [2.05, 4.69) is 0 Å². The van der Waals surface area contributed by atoms with E-state index in [1.807, 2.05) is 37.3 Å². The molecule has 1 rings (SSSR count). The molecule has 100 valence electrons. The first-order valence-electron chi connectivity index (χ1n) is 6.07. The second-order valence-corrected chi connectivity index (χ2v) is 4.49. The minimum absolute atomic E-state index is 0.0438. The number of benzene rings is 1. The van der Waals surface area contributed by atoms with E-state index in [1.54, 1.807) is 0 Å². The van der Waals surface area contributed by atoms with E-state index in [1.165, 1.54) is 0 Å². The number of carbonyl (C=O) groups is 1. The lowest BCUT2D eigenvalue weighted by Crippen LogP contribution is -2.35. The molecule has 0 unspecified atom stereocenters. The van der Waals surface area contributed by atoms with Crippen molar-refractivity contribution in [2.24, 2.45) is 5.41 Å². The van der Waals surface area contributed by atoms with Crippen LogP contribution in [0.3, 0.4) is 0 Å². The van der Waals surface area contributed by atoms with Gasteiger partial charge in [0.1, 0.15) is 6.61 Å². The van der Waals surface area contributed by atoms with Crippen LogP contribution in [0.4, 0.5) is 0 Å². The molecule has 0 aliphatic heterocycles. The van der Waals surface area contributed by atoms with Crippen molar-refractivity contribution in [2.45, 2.75) is 19.8 Å². The minimum Gasteiger partial charge on any atom is -0.465 e. The molecule has 0 bridgehead atoms. The molecule has 0 saturated carbocycles. The highest BCUT2D eigenvalue weighted by Crippen LogP contribution is 2.20. The molecule has 0 spiro atoms. The molecule has 0 atom stereocenters. The SMILES string of the molecule is CCC(CO)(CO)COC(=O)Cc1ccccc1. The third-order valence-corrected chi connectivity index (χ3v) is 3.15. The van der Waals surface area contributed by atoms with Gasteiger partial charge in [-0.3, -0.25) is 4.79 Å². The maximum Gasteiger partial charge on any atom is 0.310 e. The summed E-state index contributed by atoms with van der Waals surface area (Å²) in [4.78, 5) is 11.6. The molecule has 4 heteroatoms. The van der Waals surface area contributed by atoms with Crippen molar-refractivity contribution < 1.29 is 19.7 Å². The topological polar surface area (TPSA) is 66.8 Å². The van der Waals surface area contributed by atoms with Gasteiger partial charge in [0.25, 0.3) is 0 Å². The lowest BCUT2D eigenvalue weighted by atomic mass is 9.88. The molecule has 0 saturated heterocycles. The van der Waals surface area contributed by atoms with Gasteiger partial charge in [0.15, 0.2) is 0 Å². The second kappa shape index (κ2) is 7.13. The summed E-state index contributed by atoms with van der Waals surface area (Å²) in [6, 6.07) is 9.31. The van der Waals surface area contributed by atoms with Crippen LogP contribution in [0.15, 0.2) is 30.3 Å². The number of carbonyl (C=O) groups excluding carboxylic acids is 1. The number of esters is 1. The molecule has 0 heterocycles. The number of aliphatic hydroxyl groups excluding tert-OH is 2. The Morgan fingerprint density at radius 1 is 1.22 bits per heavy atom. The lowest BCUT2D eigenvalue weighted by molar-refractivity contribution is -0.148. The van der Waals surface area contributed by atoms with Gasteiger partial charge >= 0.3 is 5.97 Å². The number of hydrogen-bond donors (Lipinski definition) is 2. The Labute approximate surface area is 107 Å². The standard InChI is InChI=1S/C14H20O4/c1-2-14(9-15,10-16)11-18-13(17)8-12-6-4-3-5-7-12/h3-7,15-16H,2,8-11H2,1H3. The third kappa shape index (κ3) is 4.13. The molecular formula is C14H20O4. The molecule has 0 fully saturated rings. The van der Waals surface area contributed by atoms with Crippen molar-refractivity contribution in [3.63, 3.8) is 0 Å². The lowest BCUT2D eigenvalue weighted by Gasteiger charge is -2.27. The Morgan fingerprint density at radius 3 is 2.33 bits per heavy atom. The predicted molar refractivity (Wildman–Crippen MR) is 68.0 cm³/mol. The number of ether oxygens (including phenoxy) is 1. The number of rotatable bonds is 7. The fourth-order valence-corrected chi connectivity index (χ4v) is 1.51. The summed E-state index contributed by atoms with van der Waals surface area (Å²) in [5, 5.41) is 18.5. The Kier molecular flexibility index (Phi) is 5.82. The zero-order valence-corrected chi connectivity index (χ0v) is 10.6. The third-order valence-electron chi connectivity index (χ3n) is 3.15. The van der Waals surface area contributed by atoms with Crippen LogP contribution in [0.25, 0.3) is 0 Å². The van der Waals surface area contributed by atoms with Gasteiger partial charge in [-0.25, -0.2) is 0 Å². The average molecular weight is 252 g/mol. The summed E-state index contributed by atoms with van der Waals surface area (Å²) < 4.78 is 5.13. The van der Waals surface area contributed by atoms with E-state index >= 15 is 0 Å². The molecule has 1 aromatic carbocycles. The van der Waals surface area contributed by atoms with Crippen LogP contribution in [0.5, 0.6) is 0 Å². The molecule has 0 aromatic heterocycles. The molecular weight excluding hydrogens is 232 g/mol. The summed E-state index contributed by atoms with van der Waals surface area (Å²) >= 11 is 0. The molecule has 0 aliphatic rings. The second-order valence-electron chi connectivity index (χ2n) is 4.49. The highest BCUT2D eigenvalue weighted by molar-refractivity contribution is 5.72. The Bertz CT molecular complexity index is 349. The van der Waals surface area contributed by atoms with Crippen molar-refractivity contribution in [3.05, 3.63) is 35.9 Å². The fourth-order valence-electron chi connectivity index (χ4n) is 1.51. The van der Waals surface area contributed by atoms with Crippen LogP contribution in [-0.4, -0.2) is 36.0 Å². The van der Waals surface area contributed by atoms with Crippen LogP contribution < -0.4 is 0 Å². The minimum atomic E-state index is -0.730. The van der Waals surface area contributed by atoms with Gasteiger partial charge in [-0.2, -0.15) is 0 Å². The highest BCUT2D eigenvalue weighted by atomic mass is 16.5. The van der Waals surface area contributed by atoms with E-state index in [4.69, 9.17) is 4.74 Å². The predicted octanol–water partition coefficient (Wildman–Crippen LogP) is 1.15. The van der Waals surface area contributed by atoms with Gasteiger partial charge in [0, 0.05) is 0 Å². The van der Waals surface area contributed by atoms with Crippen LogP contribution in [-0.2, 0) is 16.0 Å². The average Bonchev–Trinajstić information content (AvgIpc) is 2.42. The Morgan fingerprint density at radius 2 is 1.83 bits per heavy atom. The van der Waals surface area contributed by atoms with Crippen molar-refractivity contribution in [3.8, 4) is 0 Å². The first-order chi connectivity index (χ1) is 8.65. The zero-order valence-electron chi connectivity index (χ0n) is 10.6. The van der Waals surface area contributed by atoms with E-state index in [9.17, 15) is 15.0 Å². The molecule has 0 amide bonds. The summed E-state index contributed by atoms with van der Waals surface area (Å²) in [6.07, 6.45) is 0.760. The van der Waals surface area contributed by atoms with Crippen molar-refractivity contribution in [2.75, 3.05) is 19.8 Å². The number of aliphatic hydroxyl groups is 2. The summed E-state index contributed by atoms with van der Waals surface area (Å²) in [5.74, 6) is -0.346. The monoisotopic (exact) mass is 252 g/mol. The van der Waals surface area contributed by atoms with Gasteiger partial charge in [0.2, 0.25) is 0 Å². The van der Waals surface area contributed by atoms with Crippen molar-refractivity contribution in [1.82, 2.24) is 0 Å². The smallest absolute Gasteiger partial charge is 0.310 e. The quantitative estimate of drug-likeness (QED) is 0.714. The molecule has 4 nitrogen and oxygen atoms in total. The first-order valence-corrected chi connectivity index (χ1v) is 6.07. The van der Waals surface area contributed by atoms with E-state index in [0.717, 1.165) is 5.56 Å².